The van der Waals surface area contributed by atoms with E-state index in [9.17, 15) is 4.79 Å². The van der Waals surface area contributed by atoms with Gasteiger partial charge in [-0.3, -0.25) is 4.79 Å². The van der Waals surface area contributed by atoms with E-state index in [4.69, 9.17) is 4.98 Å². The van der Waals surface area contributed by atoms with Crippen molar-refractivity contribution in [2.45, 2.75) is 31.8 Å². The smallest absolute Gasteiger partial charge is 0.245 e. The second kappa shape index (κ2) is 5.39. The highest BCUT2D eigenvalue weighted by atomic mass is 32.1. The van der Waals surface area contributed by atoms with Gasteiger partial charge in [-0.25, -0.2) is 4.98 Å². The summed E-state index contributed by atoms with van der Waals surface area (Å²) in [6, 6.07) is 10.5. The van der Waals surface area contributed by atoms with Crippen LogP contribution in [0.5, 0.6) is 0 Å². The van der Waals surface area contributed by atoms with E-state index in [1.807, 2.05) is 25.1 Å². The first kappa shape index (κ1) is 13.8. The first-order valence-corrected chi connectivity index (χ1v) is 8.70. The van der Waals surface area contributed by atoms with Crippen molar-refractivity contribution < 1.29 is 4.79 Å². The zero-order valence-electron chi connectivity index (χ0n) is 12.6. The summed E-state index contributed by atoms with van der Waals surface area (Å²) in [6.45, 7) is 3.84. The number of fused-ring (bicyclic) bond motifs is 1. The van der Waals surface area contributed by atoms with Crippen LogP contribution in [0.25, 0.3) is 11.3 Å². The fraction of sp³-hybridized carbons (Fsp3) is 0.412. The zero-order valence-corrected chi connectivity index (χ0v) is 13.4. The number of nitrogens with zero attached hydrogens (tertiary/aromatic N) is 3. The first-order valence-electron chi connectivity index (χ1n) is 7.82. The fourth-order valence-electron chi connectivity index (χ4n) is 3.46. The molecule has 0 aliphatic carbocycles. The van der Waals surface area contributed by atoms with Gasteiger partial charge in [0, 0.05) is 30.1 Å². The molecule has 114 valence electrons. The molecule has 0 bridgehead atoms. The average molecular weight is 313 g/mol. The number of aromatic nitrogens is 1. The molecular formula is C17H19N3OS. The minimum atomic E-state index is -0.107. The zero-order chi connectivity index (χ0) is 15.1. The summed E-state index contributed by atoms with van der Waals surface area (Å²) in [5.74, 6) is 0.255. The van der Waals surface area contributed by atoms with Crippen molar-refractivity contribution in [2.75, 3.05) is 18.0 Å². The van der Waals surface area contributed by atoms with E-state index in [-0.39, 0.29) is 11.9 Å². The SMILES string of the molecule is C[C@@H]1C(=O)N2CCC[C@@H]2CN1c1nc(-c2ccccc2)cs1. The third kappa shape index (κ3) is 2.20. The minimum Gasteiger partial charge on any atom is -0.336 e. The van der Waals surface area contributed by atoms with Gasteiger partial charge in [0.2, 0.25) is 5.91 Å². The van der Waals surface area contributed by atoms with E-state index >= 15 is 0 Å². The number of hydrogen-bond donors (Lipinski definition) is 0. The molecule has 5 heteroatoms. The van der Waals surface area contributed by atoms with Crippen LogP contribution in [-0.2, 0) is 4.79 Å². The maximum absolute atomic E-state index is 12.5. The van der Waals surface area contributed by atoms with Crippen molar-refractivity contribution >= 4 is 22.4 Å². The van der Waals surface area contributed by atoms with Crippen LogP contribution in [0.4, 0.5) is 5.13 Å². The minimum absolute atomic E-state index is 0.107. The molecule has 1 aromatic heterocycles. The maximum Gasteiger partial charge on any atom is 0.245 e. The number of piperazine rings is 1. The summed E-state index contributed by atoms with van der Waals surface area (Å²) in [7, 11) is 0. The van der Waals surface area contributed by atoms with Crippen molar-refractivity contribution in [2.24, 2.45) is 0 Å². The number of carbonyl (C=O) groups excluding carboxylic acids is 1. The largest absolute Gasteiger partial charge is 0.336 e. The van der Waals surface area contributed by atoms with Gasteiger partial charge in [-0.05, 0) is 19.8 Å². The van der Waals surface area contributed by atoms with Crippen LogP contribution >= 0.6 is 11.3 Å². The molecule has 4 nitrogen and oxygen atoms in total. The molecule has 3 heterocycles. The summed E-state index contributed by atoms with van der Waals surface area (Å²) in [4.78, 5) is 21.6. The molecule has 1 aromatic carbocycles. The summed E-state index contributed by atoms with van der Waals surface area (Å²) in [5.41, 5.74) is 2.12. The Morgan fingerprint density at radius 2 is 2.05 bits per heavy atom. The van der Waals surface area contributed by atoms with Crippen molar-refractivity contribution in [3.8, 4) is 11.3 Å². The van der Waals surface area contributed by atoms with Crippen molar-refractivity contribution in [1.29, 1.82) is 0 Å². The third-order valence-corrected chi connectivity index (χ3v) is 5.58. The predicted molar refractivity (Wildman–Crippen MR) is 89.1 cm³/mol. The van der Waals surface area contributed by atoms with Crippen LogP contribution in [0, 0.1) is 0 Å². The van der Waals surface area contributed by atoms with E-state index in [0.717, 1.165) is 42.3 Å². The molecule has 2 saturated heterocycles. The standard InChI is InChI=1S/C17H19N3OS/c1-12-16(21)19-9-5-8-14(19)10-20(12)17-18-15(11-22-17)13-6-3-2-4-7-13/h2-4,6-7,11-12,14H,5,8-10H2,1H3/t12-,14-/m1/s1. The van der Waals surface area contributed by atoms with Gasteiger partial charge in [-0.1, -0.05) is 30.3 Å². The molecule has 1 amide bonds. The predicted octanol–water partition coefficient (Wildman–Crippen LogP) is 3.01. The highest BCUT2D eigenvalue weighted by Crippen LogP contribution is 2.33. The van der Waals surface area contributed by atoms with Gasteiger partial charge in [-0.15, -0.1) is 11.3 Å². The highest BCUT2D eigenvalue weighted by Gasteiger charge is 2.41. The molecule has 22 heavy (non-hydrogen) atoms. The Morgan fingerprint density at radius 3 is 2.86 bits per heavy atom. The summed E-state index contributed by atoms with van der Waals surface area (Å²) >= 11 is 1.63. The van der Waals surface area contributed by atoms with Crippen molar-refractivity contribution in [1.82, 2.24) is 9.88 Å². The quantitative estimate of drug-likeness (QED) is 0.855. The van der Waals surface area contributed by atoms with Crippen LogP contribution in [-0.4, -0.2) is 41.0 Å². The molecule has 0 N–H and O–H groups in total. The van der Waals surface area contributed by atoms with E-state index in [1.54, 1.807) is 11.3 Å². The Kier molecular flexibility index (Phi) is 3.37. The molecular weight excluding hydrogens is 294 g/mol. The fourth-order valence-corrected chi connectivity index (χ4v) is 4.38. The lowest BCUT2D eigenvalue weighted by Gasteiger charge is -2.41. The van der Waals surface area contributed by atoms with Gasteiger partial charge >= 0.3 is 0 Å². The Bertz CT molecular complexity index is 684. The van der Waals surface area contributed by atoms with Gasteiger partial charge in [0.1, 0.15) is 6.04 Å². The number of amides is 1. The van der Waals surface area contributed by atoms with Gasteiger partial charge in [-0.2, -0.15) is 0 Å². The molecule has 2 aromatic rings. The molecule has 0 unspecified atom stereocenters. The molecule has 2 aliphatic rings. The Balaban J connectivity index is 1.62. The summed E-state index contributed by atoms with van der Waals surface area (Å²) < 4.78 is 0. The van der Waals surface area contributed by atoms with Crippen molar-refractivity contribution in [3.63, 3.8) is 0 Å². The van der Waals surface area contributed by atoms with E-state index in [0.29, 0.717) is 6.04 Å². The first-order chi connectivity index (χ1) is 10.7. The molecule has 0 spiro atoms. The van der Waals surface area contributed by atoms with E-state index < -0.39 is 0 Å². The molecule has 2 fully saturated rings. The Labute approximate surface area is 134 Å². The molecule has 0 radical (unpaired) electrons. The van der Waals surface area contributed by atoms with E-state index in [1.165, 1.54) is 0 Å². The molecule has 0 saturated carbocycles. The number of carbonyl (C=O) groups is 1. The molecule has 4 rings (SSSR count). The van der Waals surface area contributed by atoms with Gasteiger partial charge in [0.15, 0.2) is 5.13 Å². The third-order valence-electron chi connectivity index (χ3n) is 4.70. The molecule has 2 aliphatic heterocycles. The number of hydrogen-bond acceptors (Lipinski definition) is 4. The van der Waals surface area contributed by atoms with Gasteiger partial charge in [0.25, 0.3) is 0 Å². The summed E-state index contributed by atoms with van der Waals surface area (Å²) in [6.07, 6.45) is 2.25. The van der Waals surface area contributed by atoms with Crippen LogP contribution in [0.2, 0.25) is 0 Å². The normalized spacial score (nSPS) is 24.7. The topological polar surface area (TPSA) is 36.4 Å². The Morgan fingerprint density at radius 1 is 1.23 bits per heavy atom. The van der Waals surface area contributed by atoms with Gasteiger partial charge in [0.05, 0.1) is 5.69 Å². The van der Waals surface area contributed by atoms with Crippen molar-refractivity contribution in [3.05, 3.63) is 35.7 Å². The highest BCUT2D eigenvalue weighted by molar-refractivity contribution is 7.14. The maximum atomic E-state index is 12.5. The van der Waals surface area contributed by atoms with E-state index in [2.05, 4.69) is 27.3 Å². The number of anilines is 1. The number of thiazole rings is 1. The van der Waals surface area contributed by atoms with Crippen LogP contribution in [0.1, 0.15) is 19.8 Å². The second-order valence-electron chi connectivity index (χ2n) is 6.04. The lowest BCUT2D eigenvalue weighted by Crippen LogP contribution is -2.58. The summed E-state index contributed by atoms with van der Waals surface area (Å²) in [5, 5.41) is 3.05. The number of benzene rings is 1. The average Bonchev–Trinajstić information content (AvgIpc) is 3.20. The number of rotatable bonds is 2. The van der Waals surface area contributed by atoms with Crippen LogP contribution in [0.3, 0.4) is 0 Å². The monoisotopic (exact) mass is 313 g/mol. The second-order valence-corrected chi connectivity index (χ2v) is 6.87. The van der Waals surface area contributed by atoms with Gasteiger partial charge < -0.3 is 9.80 Å². The Hall–Kier alpha value is -1.88. The lowest BCUT2D eigenvalue weighted by atomic mass is 10.1. The molecule has 2 atom stereocenters. The van der Waals surface area contributed by atoms with Crippen LogP contribution < -0.4 is 4.90 Å². The lowest BCUT2D eigenvalue weighted by molar-refractivity contribution is -0.134. The van der Waals surface area contributed by atoms with Crippen LogP contribution in [0.15, 0.2) is 35.7 Å².